The zero-order valence-corrected chi connectivity index (χ0v) is 7.25. The van der Waals surface area contributed by atoms with Crippen LogP contribution in [0.25, 0.3) is 0 Å². The second-order valence-corrected chi connectivity index (χ2v) is 3.43. The standard InChI is InChI=1S/C8H14N4/c1-6-8(11-5-10-6)4-12-2-7(9)3-12/h5,7H,2-4,9H2,1H3,(H,10,11). The average molecular weight is 166 g/mol. The number of aromatic nitrogens is 2. The van der Waals surface area contributed by atoms with Gasteiger partial charge in [0.15, 0.2) is 0 Å². The molecule has 0 spiro atoms. The van der Waals surface area contributed by atoms with Gasteiger partial charge in [0.05, 0.1) is 12.0 Å². The van der Waals surface area contributed by atoms with E-state index in [1.807, 2.05) is 6.92 Å². The summed E-state index contributed by atoms with van der Waals surface area (Å²) in [5.41, 5.74) is 7.97. The summed E-state index contributed by atoms with van der Waals surface area (Å²) in [7, 11) is 0. The molecule has 2 rings (SSSR count). The Balaban J connectivity index is 1.92. The fraction of sp³-hybridized carbons (Fsp3) is 0.625. The van der Waals surface area contributed by atoms with Crippen molar-refractivity contribution in [1.82, 2.24) is 14.9 Å². The first kappa shape index (κ1) is 7.76. The molecule has 1 fully saturated rings. The summed E-state index contributed by atoms with van der Waals surface area (Å²) in [5.74, 6) is 0. The lowest BCUT2D eigenvalue weighted by atomic mass is 10.1. The van der Waals surface area contributed by atoms with Crippen molar-refractivity contribution in [3.8, 4) is 0 Å². The van der Waals surface area contributed by atoms with Crippen LogP contribution in [0.5, 0.6) is 0 Å². The second-order valence-electron chi connectivity index (χ2n) is 3.43. The Bertz CT molecular complexity index is 262. The van der Waals surface area contributed by atoms with Crippen LogP contribution in [0.4, 0.5) is 0 Å². The van der Waals surface area contributed by atoms with Gasteiger partial charge < -0.3 is 10.7 Å². The van der Waals surface area contributed by atoms with E-state index in [-0.39, 0.29) is 0 Å². The van der Waals surface area contributed by atoms with E-state index in [4.69, 9.17) is 5.73 Å². The fourth-order valence-electron chi connectivity index (χ4n) is 1.50. The molecule has 0 amide bonds. The highest BCUT2D eigenvalue weighted by Crippen LogP contribution is 2.11. The molecule has 66 valence electrons. The summed E-state index contributed by atoms with van der Waals surface area (Å²) >= 11 is 0. The molecule has 0 aliphatic carbocycles. The zero-order valence-electron chi connectivity index (χ0n) is 7.25. The lowest BCUT2D eigenvalue weighted by Gasteiger charge is -2.36. The van der Waals surface area contributed by atoms with Crippen molar-refractivity contribution in [3.63, 3.8) is 0 Å². The number of likely N-dealkylation sites (tertiary alicyclic amines) is 1. The molecule has 0 radical (unpaired) electrons. The third-order valence-electron chi connectivity index (χ3n) is 2.29. The van der Waals surface area contributed by atoms with Crippen molar-refractivity contribution >= 4 is 0 Å². The van der Waals surface area contributed by atoms with E-state index in [9.17, 15) is 0 Å². The Morgan fingerprint density at radius 2 is 2.50 bits per heavy atom. The van der Waals surface area contributed by atoms with Gasteiger partial charge in [-0.25, -0.2) is 4.98 Å². The maximum Gasteiger partial charge on any atom is 0.0925 e. The van der Waals surface area contributed by atoms with Gasteiger partial charge in [-0.15, -0.1) is 0 Å². The number of hydrogen-bond acceptors (Lipinski definition) is 3. The largest absolute Gasteiger partial charge is 0.348 e. The highest BCUT2D eigenvalue weighted by atomic mass is 15.2. The maximum atomic E-state index is 5.67. The number of nitrogens with two attached hydrogens (primary N) is 1. The van der Waals surface area contributed by atoms with Crippen LogP contribution in [-0.2, 0) is 6.54 Å². The highest BCUT2D eigenvalue weighted by Gasteiger charge is 2.23. The molecule has 0 unspecified atom stereocenters. The van der Waals surface area contributed by atoms with Gasteiger partial charge in [-0.2, -0.15) is 0 Å². The summed E-state index contributed by atoms with van der Waals surface area (Å²) in [6.45, 7) is 4.99. The molecule has 3 N–H and O–H groups in total. The van der Waals surface area contributed by atoms with Crippen LogP contribution >= 0.6 is 0 Å². The van der Waals surface area contributed by atoms with E-state index < -0.39 is 0 Å². The van der Waals surface area contributed by atoms with E-state index in [1.54, 1.807) is 6.33 Å². The molecule has 0 saturated carbocycles. The molecule has 1 aromatic rings. The lowest BCUT2D eigenvalue weighted by molar-refractivity contribution is 0.140. The van der Waals surface area contributed by atoms with E-state index in [1.165, 1.54) is 0 Å². The van der Waals surface area contributed by atoms with Crippen molar-refractivity contribution in [2.24, 2.45) is 5.73 Å². The summed E-state index contributed by atoms with van der Waals surface area (Å²) in [6, 6.07) is 0.379. The predicted molar refractivity (Wildman–Crippen MR) is 46.6 cm³/mol. The minimum Gasteiger partial charge on any atom is -0.348 e. The third kappa shape index (κ3) is 1.35. The normalized spacial score (nSPS) is 19.5. The van der Waals surface area contributed by atoms with Gasteiger partial charge in [0.25, 0.3) is 0 Å². The first-order valence-electron chi connectivity index (χ1n) is 4.22. The minimum absolute atomic E-state index is 0.379. The van der Waals surface area contributed by atoms with E-state index in [0.29, 0.717) is 6.04 Å². The predicted octanol–water partition coefficient (Wildman–Crippen LogP) is -0.139. The smallest absolute Gasteiger partial charge is 0.0925 e. The van der Waals surface area contributed by atoms with Crippen LogP contribution in [0.1, 0.15) is 11.4 Å². The topological polar surface area (TPSA) is 57.9 Å². The second kappa shape index (κ2) is 2.88. The van der Waals surface area contributed by atoms with Crippen molar-refractivity contribution < 1.29 is 0 Å². The maximum absolute atomic E-state index is 5.67. The number of aryl methyl sites for hydroxylation is 1. The first-order chi connectivity index (χ1) is 5.75. The monoisotopic (exact) mass is 166 g/mol. The summed E-state index contributed by atoms with van der Waals surface area (Å²) in [4.78, 5) is 9.59. The quantitative estimate of drug-likeness (QED) is 0.643. The lowest BCUT2D eigenvalue weighted by Crippen LogP contribution is -2.55. The SMILES string of the molecule is Cc1[nH]cnc1CN1CC(N)C1. The Kier molecular flexibility index (Phi) is 1.86. The molecule has 1 saturated heterocycles. The van der Waals surface area contributed by atoms with Gasteiger partial charge >= 0.3 is 0 Å². The van der Waals surface area contributed by atoms with Gasteiger partial charge in [-0.1, -0.05) is 0 Å². The van der Waals surface area contributed by atoms with E-state index >= 15 is 0 Å². The number of rotatable bonds is 2. The molecule has 0 aromatic carbocycles. The summed E-state index contributed by atoms with van der Waals surface area (Å²) in [5, 5.41) is 0. The number of aromatic amines is 1. The van der Waals surface area contributed by atoms with Crippen molar-refractivity contribution in [1.29, 1.82) is 0 Å². The first-order valence-corrected chi connectivity index (χ1v) is 4.22. The molecule has 0 atom stereocenters. The number of imidazole rings is 1. The highest BCUT2D eigenvalue weighted by molar-refractivity contribution is 5.09. The number of H-pyrrole nitrogens is 1. The Morgan fingerprint density at radius 3 is 3.00 bits per heavy atom. The molecule has 1 aliphatic rings. The summed E-state index contributed by atoms with van der Waals surface area (Å²) in [6.07, 6.45) is 1.74. The van der Waals surface area contributed by atoms with Crippen molar-refractivity contribution in [3.05, 3.63) is 17.7 Å². The molecule has 4 heteroatoms. The summed E-state index contributed by atoms with van der Waals surface area (Å²) < 4.78 is 0. The Morgan fingerprint density at radius 1 is 1.75 bits per heavy atom. The van der Waals surface area contributed by atoms with Crippen LogP contribution in [0.2, 0.25) is 0 Å². The van der Waals surface area contributed by atoms with Crippen LogP contribution < -0.4 is 5.73 Å². The molecule has 2 heterocycles. The molecule has 1 aromatic heterocycles. The van der Waals surface area contributed by atoms with Crippen LogP contribution in [-0.4, -0.2) is 34.0 Å². The van der Waals surface area contributed by atoms with Gasteiger partial charge in [0, 0.05) is 31.4 Å². The molecular weight excluding hydrogens is 152 g/mol. The molecule has 12 heavy (non-hydrogen) atoms. The van der Waals surface area contributed by atoms with Gasteiger partial charge in [0.1, 0.15) is 0 Å². The van der Waals surface area contributed by atoms with Gasteiger partial charge in [0.2, 0.25) is 0 Å². The number of hydrogen-bond donors (Lipinski definition) is 2. The van der Waals surface area contributed by atoms with E-state index in [0.717, 1.165) is 31.0 Å². The van der Waals surface area contributed by atoms with Crippen LogP contribution in [0.3, 0.4) is 0 Å². The fourth-order valence-corrected chi connectivity index (χ4v) is 1.50. The zero-order chi connectivity index (χ0) is 8.55. The Hall–Kier alpha value is -0.870. The van der Waals surface area contributed by atoms with Gasteiger partial charge in [-0.05, 0) is 6.92 Å². The minimum atomic E-state index is 0.379. The number of nitrogens with zero attached hydrogens (tertiary/aromatic N) is 2. The van der Waals surface area contributed by atoms with Gasteiger partial charge in [-0.3, -0.25) is 4.90 Å². The molecule has 1 aliphatic heterocycles. The number of nitrogens with one attached hydrogen (secondary N) is 1. The molecular formula is C8H14N4. The molecule has 0 bridgehead atoms. The van der Waals surface area contributed by atoms with Crippen LogP contribution in [0, 0.1) is 6.92 Å². The third-order valence-corrected chi connectivity index (χ3v) is 2.29. The van der Waals surface area contributed by atoms with E-state index in [2.05, 4.69) is 14.9 Å². The van der Waals surface area contributed by atoms with Crippen molar-refractivity contribution in [2.45, 2.75) is 19.5 Å². The van der Waals surface area contributed by atoms with Crippen LogP contribution in [0.15, 0.2) is 6.33 Å². The average Bonchev–Trinajstić information content (AvgIpc) is 2.33. The Labute approximate surface area is 71.8 Å². The molecule has 4 nitrogen and oxygen atoms in total. The van der Waals surface area contributed by atoms with Crippen molar-refractivity contribution in [2.75, 3.05) is 13.1 Å².